The van der Waals surface area contributed by atoms with Crippen LogP contribution in [0.4, 0.5) is 4.39 Å². The Bertz CT molecular complexity index is 1490. The normalized spacial score (nSPS) is 23.4. The van der Waals surface area contributed by atoms with E-state index in [1.54, 1.807) is 29.2 Å². The van der Waals surface area contributed by atoms with Crippen LogP contribution in [-0.4, -0.2) is 78.2 Å². The number of ketones is 1. The summed E-state index contributed by atoms with van der Waals surface area (Å²) in [6, 6.07) is 15.4. The summed E-state index contributed by atoms with van der Waals surface area (Å²) < 4.78 is 21.5. The van der Waals surface area contributed by atoms with E-state index in [-0.39, 0.29) is 34.9 Å². The lowest BCUT2D eigenvalue weighted by Gasteiger charge is -2.42. The topological polar surface area (TPSA) is 127 Å². The van der Waals surface area contributed by atoms with Gasteiger partial charge in [-0.15, -0.1) is 0 Å². The van der Waals surface area contributed by atoms with Gasteiger partial charge in [-0.1, -0.05) is 18.2 Å². The average molecular weight is 602 g/mol. The lowest BCUT2D eigenvalue weighted by Crippen LogP contribution is -2.57. The molecule has 2 fully saturated rings. The molecule has 0 aliphatic carbocycles. The Morgan fingerprint density at radius 3 is 2.48 bits per heavy atom. The van der Waals surface area contributed by atoms with Gasteiger partial charge in [0.1, 0.15) is 29.0 Å². The molecule has 5 rings (SSSR count). The summed E-state index contributed by atoms with van der Waals surface area (Å²) in [5, 5.41) is 10.00. The van der Waals surface area contributed by atoms with Gasteiger partial charge in [0.2, 0.25) is 0 Å². The van der Waals surface area contributed by atoms with Crippen LogP contribution in [0.25, 0.3) is 0 Å². The van der Waals surface area contributed by atoms with Crippen molar-refractivity contribution in [1.29, 1.82) is 5.26 Å². The summed E-state index contributed by atoms with van der Waals surface area (Å²) in [6.45, 7) is 8.02. The molecule has 44 heavy (non-hydrogen) atoms. The molecular formula is C33H40FN7O3. The molecule has 0 aromatic heterocycles. The van der Waals surface area contributed by atoms with Crippen LogP contribution in [0.1, 0.15) is 32.3 Å². The maximum absolute atomic E-state index is 15.7. The highest BCUT2D eigenvalue weighted by Gasteiger charge is 2.50. The summed E-state index contributed by atoms with van der Waals surface area (Å²) in [4.78, 5) is 34.0. The second-order valence-corrected chi connectivity index (χ2v) is 12.2. The van der Waals surface area contributed by atoms with E-state index < -0.39 is 28.7 Å². The number of likely N-dealkylation sites (tertiary alicyclic amines) is 1. The van der Waals surface area contributed by atoms with Crippen LogP contribution in [0.2, 0.25) is 0 Å². The molecule has 3 aliphatic rings. The standard InChI is InChI=1S/C33H40FN7O3/c1-32(2,41-16-14-39(3)15-17-41)19-24(20-35)31(43)40-13-7-8-23(22-40)30(42)33(29(36)21-37-38-33)27-12-11-26(18-28(27)34)44-25-9-5-4-6-10-25/h4-6,9-12,18-19,21,23,37-38H,7-8,13-17,22,36H2,1-3H3/t23-,33?/m1/s1. The van der Waals surface area contributed by atoms with Crippen molar-refractivity contribution in [3.63, 3.8) is 0 Å². The molecule has 2 atom stereocenters. The molecular weight excluding hydrogens is 561 g/mol. The van der Waals surface area contributed by atoms with E-state index >= 15 is 4.39 Å². The highest BCUT2D eigenvalue weighted by molar-refractivity contribution is 5.99. The third-order valence-corrected chi connectivity index (χ3v) is 8.86. The summed E-state index contributed by atoms with van der Waals surface area (Å²) in [5.74, 6) is -1.24. The molecule has 0 radical (unpaired) electrons. The Kier molecular flexibility index (Phi) is 9.06. The number of ether oxygens (including phenoxy) is 1. The number of hydrogen-bond donors (Lipinski definition) is 3. The molecule has 0 spiro atoms. The third kappa shape index (κ3) is 6.19. The summed E-state index contributed by atoms with van der Waals surface area (Å²) in [6.07, 6.45) is 4.23. The second kappa shape index (κ2) is 12.8. The number of nitriles is 1. The predicted molar refractivity (Wildman–Crippen MR) is 164 cm³/mol. The number of benzene rings is 2. The van der Waals surface area contributed by atoms with E-state index in [9.17, 15) is 14.9 Å². The molecule has 1 amide bonds. The molecule has 2 aromatic rings. The van der Waals surface area contributed by atoms with E-state index in [1.165, 1.54) is 18.3 Å². The van der Waals surface area contributed by atoms with Crippen molar-refractivity contribution in [2.45, 2.75) is 37.8 Å². The Hall–Kier alpha value is -4.24. The van der Waals surface area contributed by atoms with Gasteiger partial charge in [0.15, 0.2) is 11.3 Å². The lowest BCUT2D eigenvalue weighted by molar-refractivity contribution is -0.134. The maximum Gasteiger partial charge on any atom is 0.264 e. The van der Waals surface area contributed by atoms with E-state index in [2.05, 4.69) is 33.8 Å². The summed E-state index contributed by atoms with van der Waals surface area (Å²) in [7, 11) is 2.08. The number of Topliss-reactive ketones (excluding diaryl/α,β-unsaturated/α-hetero) is 1. The molecule has 232 valence electrons. The van der Waals surface area contributed by atoms with Crippen LogP contribution in [0.3, 0.4) is 0 Å². The largest absolute Gasteiger partial charge is 0.457 e. The minimum Gasteiger partial charge on any atom is -0.457 e. The van der Waals surface area contributed by atoms with Crippen molar-refractivity contribution in [3.05, 3.63) is 83.5 Å². The quantitative estimate of drug-likeness (QED) is 0.309. The number of halogens is 1. The summed E-state index contributed by atoms with van der Waals surface area (Å²) >= 11 is 0. The first-order valence-corrected chi connectivity index (χ1v) is 15.0. The van der Waals surface area contributed by atoms with E-state index in [4.69, 9.17) is 10.5 Å². The van der Waals surface area contributed by atoms with Crippen molar-refractivity contribution in [1.82, 2.24) is 25.6 Å². The second-order valence-electron chi connectivity index (χ2n) is 12.2. The zero-order chi connectivity index (χ0) is 31.5. The molecule has 2 aromatic carbocycles. The molecule has 1 unspecified atom stereocenters. The number of carbonyl (C=O) groups excluding carboxylic acids is 2. The van der Waals surface area contributed by atoms with Gasteiger partial charge in [-0.2, -0.15) is 5.26 Å². The fourth-order valence-electron chi connectivity index (χ4n) is 6.27. The van der Waals surface area contributed by atoms with Crippen molar-refractivity contribution < 1.29 is 18.7 Å². The minimum atomic E-state index is -1.68. The minimum absolute atomic E-state index is 0.0525. The Morgan fingerprint density at radius 2 is 1.84 bits per heavy atom. The van der Waals surface area contributed by atoms with Crippen molar-refractivity contribution in [2.24, 2.45) is 11.7 Å². The van der Waals surface area contributed by atoms with Crippen LogP contribution in [-0.2, 0) is 15.1 Å². The van der Waals surface area contributed by atoms with Gasteiger partial charge in [-0.05, 0) is 64.1 Å². The first-order valence-electron chi connectivity index (χ1n) is 15.0. The summed E-state index contributed by atoms with van der Waals surface area (Å²) in [5.41, 5.74) is 10.1. The van der Waals surface area contributed by atoms with Gasteiger partial charge in [0.25, 0.3) is 5.91 Å². The fraction of sp³-hybridized carbons (Fsp3) is 0.424. The van der Waals surface area contributed by atoms with Crippen LogP contribution < -0.4 is 21.3 Å². The van der Waals surface area contributed by atoms with Gasteiger partial charge < -0.3 is 25.7 Å². The van der Waals surface area contributed by atoms with E-state index in [1.807, 2.05) is 32.0 Å². The maximum atomic E-state index is 15.7. The number of nitrogens with two attached hydrogens (primary N) is 1. The number of likely N-dealkylation sites (N-methyl/N-ethyl adjacent to an activating group) is 1. The van der Waals surface area contributed by atoms with Crippen molar-refractivity contribution in [3.8, 4) is 17.6 Å². The number of carbonyl (C=O) groups is 2. The number of hydrazine groups is 1. The number of nitrogens with one attached hydrogen (secondary N) is 2. The zero-order valence-corrected chi connectivity index (χ0v) is 25.5. The Morgan fingerprint density at radius 1 is 1.11 bits per heavy atom. The smallest absolute Gasteiger partial charge is 0.264 e. The van der Waals surface area contributed by atoms with Crippen molar-refractivity contribution >= 4 is 11.7 Å². The molecule has 0 saturated carbocycles. The fourth-order valence-corrected chi connectivity index (χ4v) is 6.27. The van der Waals surface area contributed by atoms with Gasteiger partial charge in [0, 0.05) is 68.6 Å². The highest BCUT2D eigenvalue weighted by Crippen LogP contribution is 2.38. The van der Waals surface area contributed by atoms with Crippen LogP contribution in [0, 0.1) is 23.1 Å². The number of rotatable bonds is 8. The number of hydrogen-bond acceptors (Lipinski definition) is 9. The zero-order valence-electron chi connectivity index (χ0n) is 25.5. The van der Waals surface area contributed by atoms with Crippen LogP contribution >= 0.6 is 0 Å². The van der Waals surface area contributed by atoms with Crippen LogP contribution in [0.5, 0.6) is 11.5 Å². The lowest BCUT2D eigenvalue weighted by atomic mass is 9.76. The highest BCUT2D eigenvalue weighted by atomic mass is 19.1. The first kappa shape index (κ1) is 31.2. The monoisotopic (exact) mass is 601 g/mol. The van der Waals surface area contributed by atoms with E-state index in [0.717, 1.165) is 26.2 Å². The predicted octanol–water partition coefficient (Wildman–Crippen LogP) is 3.00. The molecule has 3 heterocycles. The molecule has 11 heteroatoms. The van der Waals surface area contributed by atoms with Gasteiger partial charge >= 0.3 is 0 Å². The van der Waals surface area contributed by atoms with Gasteiger partial charge in [-0.3, -0.25) is 14.5 Å². The molecule has 10 nitrogen and oxygen atoms in total. The first-order chi connectivity index (χ1) is 21.0. The Balaban J connectivity index is 1.36. The average Bonchev–Trinajstić information content (AvgIpc) is 3.41. The third-order valence-electron chi connectivity index (χ3n) is 8.86. The number of amides is 1. The molecule has 3 aliphatic heterocycles. The van der Waals surface area contributed by atoms with E-state index in [0.29, 0.717) is 25.1 Å². The number of para-hydroxylation sites is 1. The SMILES string of the molecule is CN1CCN(C(C)(C)C=C(C#N)C(=O)N2CCC[C@@H](C(=O)C3(c4ccc(Oc5ccccc5)cc4F)NNC=C3N)C2)CC1. The van der Waals surface area contributed by atoms with Gasteiger partial charge in [-0.25, -0.2) is 9.82 Å². The van der Waals surface area contributed by atoms with Crippen molar-refractivity contribution in [2.75, 3.05) is 46.3 Å². The number of piperazine rings is 1. The molecule has 4 N–H and O–H groups in total. The molecule has 0 bridgehead atoms. The number of piperidine rings is 1. The van der Waals surface area contributed by atoms with Crippen LogP contribution in [0.15, 0.2) is 72.1 Å². The molecule has 2 saturated heterocycles. The van der Waals surface area contributed by atoms with Gasteiger partial charge in [0.05, 0.1) is 5.70 Å². The number of nitrogens with zero attached hydrogens (tertiary/aromatic N) is 4. The Labute approximate surface area is 257 Å².